The van der Waals surface area contributed by atoms with Crippen LogP contribution in [-0.2, 0) is 28.2 Å². The second kappa shape index (κ2) is 38.5. The molecule has 0 aliphatic heterocycles. The third-order valence-corrected chi connectivity index (χ3v) is 9.02. The lowest BCUT2D eigenvalue weighted by Crippen LogP contribution is -2.29. The Labute approximate surface area is 317 Å². The number of carbonyl (C=O) groups excluding carboxylic acids is 2. The van der Waals surface area contributed by atoms with Crippen LogP contribution in [0.15, 0.2) is 60.8 Å². The lowest BCUT2D eigenvalue weighted by molar-refractivity contribution is -0.161. The van der Waals surface area contributed by atoms with Crippen molar-refractivity contribution in [3.63, 3.8) is 0 Å². The fraction of sp³-hybridized carbons (Fsp3) is 0.721. The molecule has 2 N–H and O–H groups in total. The van der Waals surface area contributed by atoms with Crippen LogP contribution in [0.5, 0.6) is 0 Å². The van der Waals surface area contributed by atoms with Gasteiger partial charge in [0, 0.05) is 12.8 Å². The van der Waals surface area contributed by atoms with Gasteiger partial charge in [-0.05, 0) is 64.2 Å². The summed E-state index contributed by atoms with van der Waals surface area (Å²) >= 11 is 0. The maximum atomic E-state index is 12.3. The summed E-state index contributed by atoms with van der Waals surface area (Å²) in [5.74, 6) is -0.968. The second-order valence-corrected chi connectivity index (χ2v) is 14.8. The monoisotopic (exact) mass is 751 g/mol. The van der Waals surface area contributed by atoms with Gasteiger partial charge < -0.3 is 19.3 Å². The molecule has 0 aliphatic carbocycles. The molecule has 8 nitrogen and oxygen atoms in total. The zero-order chi connectivity index (χ0) is 38.2. The normalized spacial score (nSPS) is 13.1. The van der Waals surface area contributed by atoms with Crippen molar-refractivity contribution in [2.75, 3.05) is 13.2 Å². The van der Waals surface area contributed by atoms with E-state index in [4.69, 9.17) is 19.3 Å². The Bertz CT molecular complexity index is 1030. The van der Waals surface area contributed by atoms with Crippen LogP contribution in [0.25, 0.3) is 0 Å². The van der Waals surface area contributed by atoms with E-state index >= 15 is 0 Å². The molecule has 0 radical (unpaired) electrons. The van der Waals surface area contributed by atoms with E-state index in [2.05, 4.69) is 67.0 Å². The Morgan fingerprint density at radius 1 is 0.519 bits per heavy atom. The first-order valence-electron chi connectivity index (χ1n) is 20.6. The average Bonchev–Trinajstić information content (AvgIpc) is 3.11. The van der Waals surface area contributed by atoms with E-state index in [-0.39, 0.29) is 19.4 Å². The van der Waals surface area contributed by atoms with Crippen molar-refractivity contribution < 1.29 is 37.9 Å². The van der Waals surface area contributed by atoms with Crippen LogP contribution in [0.1, 0.15) is 181 Å². The van der Waals surface area contributed by atoms with Crippen molar-refractivity contribution in [3.05, 3.63) is 60.8 Å². The smallest absolute Gasteiger partial charge is 0.462 e. The molecule has 1 unspecified atom stereocenters. The summed E-state index contributed by atoms with van der Waals surface area (Å²) in [5, 5.41) is 0. The second-order valence-electron chi connectivity index (χ2n) is 13.6. The van der Waals surface area contributed by atoms with Gasteiger partial charge in [-0.2, -0.15) is 0 Å². The summed E-state index contributed by atoms with van der Waals surface area (Å²) in [5.41, 5.74) is 0. The number of phosphoric ester groups is 1. The highest BCUT2D eigenvalue weighted by Crippen LogP contribution is 2.36. The molecule has 52 heavy (non-hydrogen) atoms. The third kappa shape index (κ3) is 40.5. The summed E-state index contributed by atoms with van der Waals surface area (Å²) in [7, 11) is -4.77. The molecular formula is C43H75O8P. The van der Waals surface area contributed by atoms with Gasteiger partial charge in [-0.15, -0.1) is 0 Å². The van der Waals surface area contributed by atoms with E-state index in [0.717, 1.165) is 51.4 Å². The molecule has 0 fully saturated rings. The van der Waals surface area contributed by atoms with Crippen molar-refractivity contribution in [2.45, 2.75) is 187 Å². The Kier molecular flexibility index (Phi) is 36.8. The minimum atomic E-state index is -4.77. The molecule has 0 aromatic rings. The lowest BCUT2D eigenvalue weighted by Gasteiger charge is -2.18. The Hall–Kier alpha value is -2.25. The van der Waals surface area contributed by atoms with Crippen molar-refractivity contribution in [3.8, 4) is 0 Å². The van der Waals surface area contributed by atoms with Crippen LogP contribution in [0.4, 0.5) is 0 Å². The first kappa shape index (κ1) is 49.8. The number of rotatable bonds is 37. The van der Waals surface area contributed by atoms with Crippen LogP contribution < -0.4 is 0 Å². The number of ether oxygens (including phenoxy) is 2. The molecule has 9 heteroatoms. The molecule has 1 atom stereocenters. The number of esters is 2. The molecule has 0 spiro atoms. The van der Waals surface area contributed by atoms with Crippen molar-refractivity contribution in [1.82, 2.24) is 0 Å². The lowest BCUT2D eigenvalue weighted by atomic mass is 10.0. The first-order valence-corrected chi connectivity index (χ1v) is 22.1. The van der Waals surface area contributed by atoms with Gasteiger partial charge in [0.05, 0.1) is 6.61 Å². The molecule has 0 aromatic carbocycles. The van der Waals surface area contributed by atoms with E-state index < -0.39 is 32.5 Å². The summed E-state index contributed by atoms with van der Waals surface area (Å²) < 4.78 is 26.3. The van der Waals surface area contributed by atoms with Crippen LogP contribution in [0.2, 0.25) is 0 Å². The molecule has 0 aromatic heterocycles. The minimum Gasteiger partial charge on any atom is -0.462 e. The zero-order valence-electron chi connectivity index (χ0n) is 32.9. The van der Waals surface area contributed by atoms with Crippen molar-refractivity contribution in [2.24, 2.45) is 0 Å². The van der Waals surface area contributed by atoms with E-state index in [1.54, 1.807) is 0 Å². The standard InChI is InChI=1S/C43H75O8P/c1-3-5-7-9-11-13-15-17-18-19-20-21-22-23-24-26-27-29-31-33-35-37-42(44)49-39-41(40-50-52(46,47)48)51-43(45)38-36-34-32-30-28-25-16-14-12-10-8-6-4-2/h5,7,11,13,17-18,25,28,32,34,41H,3-4,6,8-10,12,14-16,19-24,26-27,29-31,33,35-40H2,1-2H3,(H2,46,47,48)/b7-5+,13-11+,18-17+,28-25+,34-32+. The fourth-order valence-electron chi connectivity index (χ4n) is 5.50. The van der Waals surface area contributed by atoms with Crippen molar-refractivity contribution >= 4 is 19.8 Å². The number of hydrogen-bond acceptors (Lipinski definition) is 6. The minimum absolute atomic E-state index is 0.104. The maximum Gasteiger partial charge on any atom is 0.469 e. The van der Waals surface area contributed by atoms with Gasteiger partial charge in [0.1, 0.15) is 6.61 Å². The highest BCUT2D eigenvalue weighted by Gasteiger charge is 2.22. The maximum absolute atomic E-state index is 12.3. The summed E-state index contributed by atoms with van der Waals surface area (Å²) in [6.45, 7) is 3.51. The predicted molar refractivity (Wildman–Crippen MR) is 216 cm³/mol. The van der Waals surface area contributed by atoms with Gasteiger partial charge in [0.2, 0.25) is 0 Å². The quantitative estimate of drug-likeness (QED) is 0.0279. The van der Waals surface area contributed by atoms with Gasteiger partial charge in [-0.3, -0.25) is 14.1 Å². The molecule has 0 bridgehead atoms. The predicted octanol–water partition coefficient (Wildman–Crippen LogP) is 12.5. The fourth-order valence-corrected chi connectivity index (χ4v) is 5.86. The van der Waals surface area contributed by atoms with E-state index in [1.165, 1.54) is 89.9 Å². The van der Waals surface area contributed by atoms with E-state index in [1.807, 2.05) is 12.2 Å². The Balaban J connectivity index is 3.94. The highest BCUT2D eigenvalue weighted by molar-refractivity contribution is 7.46. The van der Waals surface area contributed by atoms with Crippen molar-refractivity contribution in [1.29, 1.82) is 0 Å². The molecular weight excluding hydrogens is 675 g/mol. The molecule has 300 valence electrons. The van der Waals surface area contributed by atoms with Gasteiger partial charge in [-0.25, -0.2) is 4.57 Å². The molecule has 0 amide bonds. The number of phosphoric acid groups is 1. The number of allylic oxidation sites excluding steroid dienone is 10. The van der Waals surface area contributed by atoms with Gasteiger partial charge >= 0.3 is 19.8 Å². The molecule has 0 aliphatic rings. The van der Waals surface area contributed by atoms with Crippen LogP contribution in [0, 0.1) is 0 Å². The Morgan fingerprint density at radius 2 is 0.962 bits per heavy atom. The zero-order valence-corrected chi connectivity index (χ0v) is 33.8. The number of unbranched alkanes of at least 4 members (excludes halogenated alkanes) is 17. The SMILES string of the molecule is CC/C=C/C/C=C/C/C=C/CCCCCCCCCCCCCC(=O)OCC(COP(=O)(O)O)OC(=O)CC/C=C/C/C=C/CCCCCCCC. The summed E-state index contributed by atoms with van der Waals surface area (Å²) in [6.07, 6.45) is 48.2. The summed E-state index contributed by atoms with van der Waals surface area (Å²) in [4.78, 5) is 42.7. The highest BCUT2D eigenvalue weighted by atomic mass is 31.2. The first-order chi connectivity index (χ1) is 25.3. The van der Waals surface area contributed by atoms with Crippen LogP contribution in [-0.4, -0.2) is 41.0 Å². The molecule has 0 saturated heterocycles. The Morgan fingerprint density at radius 3 is 1.46 bits per heavy atom. The van der Waals surface area contributed by atoms with E-state index in [0.29, 0.717) is 12.8 Å². The molecule has 0 heterocycles. The van der Waals surface area contributed by atoms with Gasteiger partial charge in [-0.1, -0.05) is 164 Å². The topological polar surface area (TPSA) is 119 Å². The van der Waals surface area contributed by atoms with Crippen LogP contribution in [0.3, 0.4) is 0 Å². The molecule has 0 saturated carbocycles. The van der Waals surface area contributed by atoms with Crippen LogP contribution >= 0.6 is 7.82 Å². The number of hydrogen-bond donors (Lipinski definition) is 2. The molecule has 0 rings (SSSR count). The van der Waals surface area contributed by atoms with E-state index in [9.17, 15) is 14.2 Å². The average molecular weight is 751 g/mol. The van der Waals surface area contributed by atoms with Gasteiger partial charge in [0.15, 0.2) is 6.10 Å². The third-order valence-electron chi connectivity index (χ3n) is 8.53. The largest absolute Gasteiger partial charge is 0.469 e. The van der Waals surface area contributed by atoms with Gasteiger partial charge in [0.25, 0.3) is 0 Å². The number of carbonyl (C=O) groups is 2. The summed E-state index contributed by atoms with van der Waals surface area (Å²) in [6, 6.07) is 0.